The molecule has 278 valence electrons. The van der Waals surface area contributed by atoms with Crippen LogP contribution in [0.3, 0.4) is 0 Å². The van der Waals surface area contributed by atoms with Crippen molar-refractivity contribution in [2.24, 2.45) is 0 Å². The summed E-state index contributed by atoms with van der Waals surface area (Å²) in [5.74, 6) is 3.65. The second-order valence-electron chi connectivity index (χ2n) is 14.7. The monoisotopic (exact) mass is 722 g/mol. The van der Waals surface area contributed by atoms with Crippen molar-refractivity contribution < 1.29 is 18.9 Å². The van der Waals surface area contributed by atoms with E-state index in [0.29, 0.717) is 26.9 Å². The molecule has 4 aromatic rings. The molecular weight excluding hydrogens is 673 g/mol. The Morgan fingerprint density at radius 1 is 0.407 bits per heavy atom. The fraction of sp³-hybridized carbons (Fsp3) is 0.304. The van der Waals surface area contributed by atoms with E-state index in [1.54, 1.807) is 0 Å². The van der Waals surface area contributed by atoms with Crippen LogP contribution in [0, 0.1) is 0 Å². The summed E-state index contributed by atoms with van der Waals surface area (Å²) in [6, 6.07) is 27.2. The van der Waals surface area contributed by atoms with E-state index in [2.05, 4.69) is 119 Å². The highest BCUT2D eigenvalue weighted by Gasteiger charge is 2.33. The van der Waals surface area contributed by atoms with Crippen molar-refractivity contribution in [3.8, 4) is 23.0 Å². The number of fused-ring (bicyclic) bond motifs is 4. The third-order valence-electron chi connectivity index (χ3n) is 10.8. The van der Waals surface area contributed by atoms with Gasteiger partial charge in [0.25, 0.3) is 0 Å². The lowest BCUT2D eigenvalue weighted by Crippen LogP contribution is -2.33. The number of benzene rings is 4. The van der Waals surface area contributed by atoms with Crippen LogP contribution in [0.5, 0.6) is 23.0 Å². The molecule has 54 heavy (non-hydrogen) atoms. The van der Waals surface area contributed by atoms with E-state index in [-0.39, 0.29) is 11.8 Å². The van der Waals surface area contributed by atoms with Crippen LogP contribution in [0.25, 0.3) is 0 Å². The molecule has 0 fully saturated rings. The first-order valence-corrected chi connectivity index (χ1v) is 18.9. The van der Waals surface area contributed by atoms with E-state index >= 15 is 0 Å². The second kappa shape index (κ2) is 16.1. The number of hydrogen-bond donors (Lipinski definition) is 0. The highest BCUT2D eigenvalue weighted by Crippen LogP contribution is 2.47. The van der Waals surface area contributed by atoms with Crippen molar-refractivity contribution in [2.45, 2.75) is 38.0 Å². The Hall–Kier alpha value is -5.12. The van der Waals surface area contributed by atoms with E-state index in [1.807, 2.05) is 24.3 Å². The minimum atomic E-state index is -0.0520. The van der Waals surface area contributed by atoms with Crippen LogP contribution in [-0.4, -0.2) is 72.7 Å². The smallest absolute Gasteiger partial charge is 0.142 e. The third-order valence-corrected chi connectivity index (χ3v) is 10.8. The molecule has 0 spiro atoms. The van der Waals surface area contributed by atoms with Gasteiger partial charge in [0, 0.05) is 86.4 Å². The Morgan fingerprint density at radius 3 is 0.870 bits per heavy atom. The van der Waals surface area contributed by atoms with Crippen molar-refractivity contribution in [1.82, 2.24) is 19.6 Å². The van der Waals surface area contributed by atoms with Gasteiger partial charge >= 0.3 is 0 Å². The molecule has 8 rings (SSSR count). The SMILES string of the molecule is C=CCN1COc2ccc(C(c3ccc4c(c3)CN(CC=C)CO4)C(c3ccc4c(c3)CN(CC=C)CO4)c3ccc4c(c3)CN(CC=C)CO4)cc2C1. The molecule has 8 nitrogen and oxygen atoms in total. The molecule has 0 amide bonds. The minimum Gasteiger partial charge on any atom is -0.478 e. The molecule has 0 unspecified atom stereocenters. The van der Waals surface area contributed by atoms with Gasteiger partial charge in [0.1, 0.15) is 49.9 Å². The summed E-state index contributed by atoms with van der Waals surface area (Å²) in [6.07, 6.45) is 7.75. The molecule has 4 heterocycles. The summed E-state index contributed by atoms with van der Waals surface area (Å²) < 4.78 is 25.0. The summed E-state index contributed by atoms with van der Waals surface area (Å²) in [5, 5.41) is 0. The van der Waals surface area contributed by atoms with Crippen LogP contribution >= 0.6 is 0 Å². The quantitative estimate of drug-likeness (QED) is 0.129. The highest BCUT2D eigenvalue weighted by molar-refractivity contribution is 5.54. The molecular formula is C46H50N4O4. The van der Waals surface area contributed by atoms with Gasteiger partial charge in [-0.05, 0) is 46.5 Å². The van der Waals surface area contributed by atoms with E-state index < -0.39 is 0 Å². The lowest BCUT2D eigenvalue weighted by molar-refractivity contribution is 0.107. The molecule has 4 aliphatic rings. The fourth-order valence-corrected chi connectivity index (χ4v) is 8.37. The first-order chi connectivity index (χ1) is 26.5. The molecule has 8 heteroatoms. The standard InChI is InChI=1S/C46H50N4O4/c1-5-17-47-25-37-21-33(9-13-41(37)51-29-47)45(34-10-14-42-38(22-34)26-48(18-6-2)30-52-42)46(35-11-15-43-39(23-35)27-49(19-7-3)31-53-43)36-12-16-44-40(24-36)28-50(20-8-4)32-54-44/h5-16,21-24,45-46H,1-4,17-20,25-32H2. The number of nitrogens with zero attached hydrogens (tertiary/aromatic N) is 4. The summed E-state index contributed by atoms with van der Waals surface area (Å²) in [4.78, 5) is 9.08. The minimum absolute atomic E-state index is 0.0520. The maximum Gasteiger partial charge on any atom is 0.142 e. The van der Waals surface area contributed by atoms with Gasteiger partial charge < -0.3 is 18.9 Å². The number of ether oxygens (including phenoxy) is 4. The van der Waals surface area contributed by atoms with Gasteiger partial charge in [-0.2, -0.15) is 0 Å². The third kappa shape index (κ3) is 7.48. The Labute approximate surface area is 319 Å². The van der Waals surface area contributed by atoms with Crippen molar-refractivity contribution in [3.05, 3.63) is 168 Å². The molecule has 0 atom stereocenters. The van der Waals surface area contributed by atoms with Gasteiger partial charge in [-0.25, -0.2) is 0 Å². The maximum absolute atomic E-state index is 6.25. The number of rotatable bonds is 13. The molecule has 0 saturated heterocycles. The van der Waals surface area contributed by atoms with Gasteiger partial charge in [0.05, 0.1) is 0 Å². The van der Waals surface area contributed by atoms with Crippen molar-refractivity contribution >= 4 is 0 Å². The molecule has 0 bridgehead atoms. The summed E-state index contributed by atoms with van der Waals surface area (Å²) in [5.41, 5.74) is 9.64. The normalized spacial score (nSPS) is 17.1. The van der Waals surface area contributed by atoms with Crippen LogP contribution in [-0.2, 0) is 26.2 Å². The summed E-state index contributed by atoms with van der Waals surface area (Å²) >= 11 is 0. The van der Waals surface area contributed by atoms with Crippen molar-refractivity contribution in [3.63, 3.8) is 0 Å². The predicted molar refractivity (Wildman–Crippen MR) is 214 cm³/mol. The van der Waals surface area contributed by atoms with Crippen LogP contribution in [0.15, 0.2) is 123 Å². The van der Waals surface area contributed by atoms with Gasteiger partial charge in [0.2, 0.25) is 0 Å². The molecule has 0 aromatic heterocycles. The topological polar surface area (TPSA) is 49.9 Å². The largest absolute Gasteiger partial charge is 0.478 e. The highest BCUT2D eigenvalue weighted by atomic mass is 16.5. The van der Waals surface area contributed by atoms with Crippen LogP contribution < -0.4 is 18.9 Å². The average molecular weight is 723 g/mol. The van der Waals surface area contributed by atoms with E-state index in [4.69, 9.17) is 18.9 Å². The zero-order valence-corrected chi connectivity index (χ0v) is 31.1. The van der Waals surface area contributed by atoms with Gasteiger partial charge in [-0.3, -0.25) is 19.6 Å². The van der Waals surface area contributed by atoms with Crippen LogP contribution in [0.4, 0.5) is 0 Å². The van der Waals surface area contributed by atoms with Gasteiger partial charge in [-0.1, -0.05) is 72.8 Å². The molecule has 0 aliphatic carbocycles. The van der Waals surface area contributed by atoms with E-state index in [9.17, 15) is 0 Å². The molecule has 0 saturated carbocycles. The molecule has 0 N–H and O–H groups in total. The first-order valence-electron chi connectivity index (χ1n) is 18.9. The van der Waals surface area contributed by atoms with Crippen molar-refractivity contribution in [1.29, 1.82) is 0 Å². The zero-order chi connectivity index (χ0) is 37.0. The zero-order valence-electron chi connectivity index (χ0n) is 31.1. The van der Waals surface area contributed by atoms with E-state index in [0.717, 1.165) is 75.4 Å². The molecule has 4 aliphatic heterocycles. The maximum atomic E-state index is 6.25. The first kappa shape index (κ1) is 35.9. The summed E-state index contributed by atoms with van der Waals surface area (Å²) in [7, 11) is 0. The average Bonchev–Trinajstić information content (AvgIpc) is 3.19. The predicted octanol–water partition coefficient (Wildman–Crippen LogP) is 8.00. The Bertz CT molecular complexity index is 1760. The Kier molecular flexibility index (Phi) is 10.7. The van der Waals surface area contributed by atoms with E-state index in [1.165, 1.54) is 44.5 Å². The Balaban J connectivity index is 1.30. The second-order valence-corrected chi connectivity index (χ2v) is 14.7. The van der Waals surface area contributed by atoms with Crippen LogP contribution in [0.1, 0.15) is 56.3 Å². The lowest BCUT2D eigenvalue weighted by atomic mass is 9.72. The van der Waals surface area contributed by atoms with Gasteiger partial charge in [0.15, 0.2) is 0 Å². The lowest BCUT2D eigenvalue weighted by Gasteiger charge is -2.35. The molecule has 4 aromatic carbocycles. The number of hydrogen-bond acceptors (Lipinski definition) is 8. The van der Waals surface area contributed by atoms with Gasteiger partial charge in [-0.15, -0.1) is 26.3 Å². The molecule has 0 radical (unpaired) electrons. The van der Waals surface area contributed by atoms with Crippen LogP contribution in [0.2, 0.25) is 0 Å². The fourth-order valence-electron chi connectivity index (χ4n) is 8.37. The Morgan fingerprint density at radius 2 is 0.648 bits per heavy atom. The van der Waals surface area contributed by atoms with Crippen molar-refractivity contribution in [2.75, 3.05) is 53.1 Å². The summed E-state index contributed by atoms with van der Waals surface area (Å²) in [6.45, 7) is 24.4.